The van der Waals surface area contributed by atoms with Crippen molar-refractivity contribution in [1.82, 2.24) is 14.8 Å². The Hall–Kier alpha value is -2.88. The number of nitrogens with two attached hydrogens (primary N) is 1. The summed E-state index contributed by atoms with van der Waals surface area (Å²) in [4.78, 5) is 17.0. The van der Waals surface area contributed by atoms with Gasteiger partial charge in [0.15, 0.2) is 0 Å². The van der Waals surface area contributed by atoms with Crippen LogP contribution < -0.4 is 11.1 Å². The monoisotopic (exact) mass is 461 g/mol. The van der Waals surface area contributed by atoms with Crippen molar-refractivity contribution in [3.05, 3.63) is 64.6 Å². The number of pyridine rings is 1. The van der Waals surface area contributed by atoms with Crippen molar-refractivity contribution in [2.24, 2.45) is 12.8 Å². The second kappa shape index (κ2) is 9.32. The minimum atomic E-state index is -0.756. The average Bonchev–Trinajstić information content (AvgIpc) is 2.97. The third kappa shape index (κ3) is 4.64. The van der Waals surface area contributed by atoms with Gasteiger partial charge in [0.05, 0.1) is 17.6 Å². The van der Waals surface area contributed by atoms with Crippen molar-refractivity contribution >= 4 is 23.2 Å². The van der Waals surface area contributed by atoms with Gasteiger partial charge >= 0.3 is 0 Å². The van der Waals surface area contributed by atoms with E-state index in [1.165, 1.54) is 24.4 Å². The molecule has 2 unspecified atom stereocenters. The Labute approximate surface area is 188 Å². The van der Waals surface area contributed by atoms with Gasteiger partial charge < -0.3 is 15.8 Å². The molecule has 7 nitrogen and oxygen atoms in total. The van der Waals surface area contributed by atoms with Gasteiger partial charge in [-0.3, -0.25) is 9.48 Å². The second-order valence-corrected chi connectivity index (χ2v) is 8.09. The third-order valence-corrected chi connectivity index (χ3v) is 5.65. The second-order valence-electron chi connectivity index (χ2n) is 7.66. The van der Waals surface area contributed by atoms with Crippen molar-refractivity contribution in [1.29, 1.82) is 0 Å². The van der Waals surface area contributed by atoms with E-state index in [1.54, 1.807) is 11.7 Å². The summed E-state index contributed by atoms with van der Waals surface area (Å²) in [5, 5.41) is 7.17. The fourth-order valence-electron chi connectivity index (χ4n) is 3.72. The van der Waals surface area contributed by atoms with E-state index in [4.69, 9.17) is 22.1 Å². The molecule has 0 bridgehead atoms. The van der Waals surface area contributed by atoms with Crippen molar-refractivity contribution in [3.63, 3.8) is 0 Å². The first-order valence-electron chi connectivity index (χ1n) is 10.2. The predicted molar refractivity (Wildman–Crippen MR) is 116 cm³/mol. The molecule has 168 valence electrons. The summed E-state index contributed by atoms with van der Waals surface area (Å²) in [6, 6.07) is 6.18. The molecule has 1 amide bonds. The molecule has 1 aromatic carbocycles. The van der Waals surface area contributed by atoms with Crippen LogP contribution >= 0.6 is 11.6 Å². The van der Waals surface area contributed by atoms with Crippen LogP contribution in [0.1, 0.15) is 41.5 Å². The van der Waals surface area contributed by atoms with E-state index >= 15 is 0 Å². The van der Waals surface area contributed by atoms with Crippen LogP contribution in [0.4, 0.5) is 14.5 Å². The molecule has 0 saturated carbocycles. The normalized spacial score (nSPS) is 18.9. The molecule has 2 atom stereocenters. The van der Waals surface area contributed by atoms with E-state index in [0.717, 1.165) is 25.0 Å². The molecule has 1 saturated heterocycles. The fourth-order valence-corrected chi connectivity index (χ4v) is 3.88. The van der Waals surface area contributed by atoms with E-state index < -0.39 is 17.5 Å². The van der Waals surface area contributed by atoms with Gasteiger partial charge in [-0.1, -0.05) is 11.6 Å². The van der Waals surface area contributed by atoms with Gasteiger partial charge in [0.1, 0.15) is 29.1 Å². The summed E-state index contributed by atoms with van der Waals surface area (Å²) in [5.41, 5.74) is 6.76. The molecule has 32 heavy (non-hydrogen) atoms. The zero-order chi connectivity index (χ0) is 22.8. The van der Waals surface area contributed by atoms with Crippen LogP contribution in [-0.2, 0) is 11.8 Å². The lowest BCUT2D eigenvalue weighted by molar-refractivity contribution is 0.0529. The van der Waals surface area contributed by atoms with Crippen LogP contribution in [0.2, 0.25) is 5.02 Å². The number of aromatic nitrogens is 3. The highest BCUT2D eigenvalue weighted by Gasteiger charge is 2.26. The first-order valence-corrected chi connectivity index (χ1v) is 10.5. The van der Waals surface area contributed by atoms with Crippen molar-refractivity contribution in [2.45, 2.75) is 31.4 Å². The number of ether oxygens (including phenoxy) is 1. The number of carbonyl (C=O) groups excluding carboxylic acids is 1. The van der Waals surface area contributed by atoms with E-state index in [1.807, 2.05) is 0 Å². The van der Waals surface area contributed by atoms with E-state index in [-0.39, 0.29) is 34.1 Å². The SMILES string of the molecule is Cn1ncc(NC(=O)c2ccc(F)c(-c3ccc(Cl)cc3F)n2)c1C1CCC(N)CCO1. The van der Waals surface area contributed by atoms with Gasteiger partial charge in [0, 0.05) is 30.3 Å². The number of amides is 1. The molecule has 0 spiro atoms. The molecule has 1 fully saturated rings. The summed E-state index contributed by atoms with van der Waals surface area (Å²) in [7, 11) is 1.76. The van der Waals surface area contributed by atoms with Gasteiger partial charge in [-0.05, 0) is 49.6 Å². The lowest BCUT2D eigenvalue weighted by Gasteiger charge is -2.17. The third-order valence-electron chi connectivity index (χ3n) is 5.41. The maximum absolute atomic E-state index is 14.4. The summed E-state index contributed by atoms with van der Waals surface area (Å²) in [6.45, 7) is 0.514. The maximum Gasteiger partial charge on any atom is 0.274 e. The summed E-state index contributed by atoms with van der Waals surface area (Å²) in [5.74, 6) is -2.08. The van der Waals surface area contributed by atoms with Crippen molar-refractivity contribution < 1.29 is 18.3 Å². The zero-order valence-corrected chi connectivity index (χ0v) is 18.1. The fraction of sp³-hybridized carbons (Fsp3) is 0.318. The van der Waals surface area contributed by atoms with Gasteiger partial charge in [-0.2, -0.15) is 5.10 Å². The Morgan fingerprint density at radius 1 is 1.22 bits per heavy atom. The number of halogens is 3. The highest BCUT2D eigenvalue weighted by atomic mass is 35.5. The highest BCUT2D eigenvalue weighted by Crippen LogP contribution is 2.32. The predicted octanol–water partition coefficient (Wildman–Crippen LogP) is 4.23. The van der Waals surface area contributed by atoms with Crippen LogP contribution in [0, 0.1) is 11.6 Å². The zero-order valence-electron chi connectivity index (χ0n) is 17.3. The number of carbonyl (C=O) groups is 1. The molecule has 4 rings (SSSR count). The van der Waals surface area contributed by atoms with Crippen LogP contribution in [0.5, 0.6) is 0 Å². The number of rotatable bonds is 4. The Balaban J connectivity index is 1.60. The Morgan fingerprint density at radius 3 is 2.81 bits per heavy atom. The topological polar surface area (TPSA) is 95.1 Å². The first-order chi connectivity index (χ1) is 15.3. The first kappa shape index (κ1) is 22.3. The Morgan fingerprint density at radius 2 is 2.03 bits per heavy atom. The summed E-state index contributed by atoms with van der Waals surface area (Å²) < 4.78 is 36.2. The number of hydrogen-bond donors (Lipinski definition) is 2. The molecule has 2 aromatic heterocycles. The van der Waals surface area contributed by atoms with Crippen molar-refractivity contribution in [3.8, 4) is 11.3 Å². The Bertz CT molecular complexity index is 1150. The molecule has 3 N–H and O–H groups in total. The minimum Gasteiger partial charge on any atom is -0.372 e. The molecule has 0 aliphatic carbocycles. The van der Waals surface area contributed by atoms with Crippen LogP contribution in [0.3, 0.4) is 0 Å². The number of anilines is 1. The van der Waals surface area contributed by atoms with Crippen LogP contribution in [0.25, 0.3) is 11.3 Å². The highest BCUT2D eigenvalue weighted by molar-refractivity contribution is 6.30. The van der Waals surface area contributed by atoms with Crippen molar-refractivity contribution in [2.75, 3.05) is 11.9 Å². The molecule has 10 heteroatoms. The quantitative estimate of drug-likeness (QED) is 0.606. The molecule has 0 radical (unpaired) electrons. The number of benzene rings is 1. The number of aryl methyl sites for hydroxylation is 1. The number of hydrogen-bond acceptors (Lipinski definition) is 5. The van der Waals surface area contributed by atoms with Gasteiger partial charge in [-0.15, -0.1) is 0 Å². The molecule has 1 aliphatic rings. The minimum absolute atomic E-state index is 0.0707. The molecular weight excluding hydrogens is 440 g/mol. The summed E-state index contributed by atoms with van der Waals surface area (Å²) in [6.07, 6.45) is 3.49. The van der Waals surface area contributed by atoms with E-state index in [2.05, 4.69) is 15.4 Å². The van der Waals surface area contributed by atoms with Gasteiger partial charge in [0.2, 0.25) is 0 Å². The lowest BCUT2D eigenvalue weighted by Crippen LogP contribution is -2.19. The number of nitrogens with zero attached hydrogens (tertiary/aromatic N) is 3. The average molecular weight is 462 g/mol. The molecule has 3 aromatic rings. The largest absolute Gasteiger partial charge is 0.372 e. The van der Waals surface area contributed by atoms with E-state index in [9.17, 15) is 13.6 Å². The van der Waals surface area contributed by atoms with Crippen LogP contribution in [-0.4, -0.2) is 33.3 Å². The van der Waals surface area contributed by atoms with E-state index in [0.29, 0.717) is 24.4 Å². The standard InChI is InChI=1S/C22H22ClF2N5O2/c1-30-21(19-7-3-13(26)8-9-32-19)18(11-27-30)29-22(31)17-6-5-15(24)20(28-17)14-4-2-12(23)10-16(14)25/h2,4-6,10-11,13,19H,3,7-9,26H2,1H3,(H,29,31). The number of nitrogens with one attached hydrogen (secondary N) is 1. The van der Waals surface area contributed by atoms with Crippen LogP contribution in [0.15, 0.2) is 36.5 Å². The Kier molecular flexibility index (Phi) is 6.50. The van der Waals surface area contributed by atoms with Gasteiger partial charge in [0.25, 0.3) is 5.91 Å². The molecule has 3 heterocycles. The maximum atomic E-state index is 14.4. The lowest BCUT2D eigenvalue weighted by atomic mass is 10.1. The smallest absolute Gasteiger partial charge is 0.274 e. The molecule has 1 aliphatic heterocycles. The summed E-state index contributed by atoms with van der Waals surface area (Å²) >= 11 is 5.77. The molecular formula is C22H22ClF2N5O2. The van der Waals surface area contributed by atoms with Gasteiger partial charge in [-0.25, -0.2) is 13.8 Å².